The zero-order valence-corrected chi connectivity index (χ0v) is 14.9. The molecule has 0 saturated heterocycles. The van der Waals surface area contributed by atoms with Crippen molar-refractivity contribution in [1.29, 1.82) is 0 Å². The molecule has 0 spiro atoms. The second kappa shape index (κ2) is 5.75. The standard InChI is InChI=1S/C17H17N5O2S/c1-10-6-7-25-14(10)16-18-15(20-24-16)11-4-5-13-12(8-11)19-21-22(13)17(2,3)9-23/h4-8,23H,9H2,1-3H3. The molecule has 128 valence electrons. The third kappa shape index (κ3) is 2.63. The van der Waals surface area contributed by atoms with E-state index in [9.17, 15) is 5.11 Å². The van der Waals surface area contributed by atoms with Crippen LogP contribution in [0.4, 0.5) is 0 Å². The SMILES string of the molecule is Cc1ccsc1-c1nc(-c2ccc3c(c2)nnn3C(C)(C)CO)no1. The van der Waals surface area contributed by atoms with Crippen molar-refractivity contribution < 1.29 is 9.63 Å². The van der Waals surface area contributed by atoms with E-state index in [1.165, 1.54) is 0 Å². The molecule has 3 aromatic heterocycles. The zero-order chi connectivity index (χ0) is 17.6. The molecular weight excluding hydrogens is 338 g/mol. The molecular formula is C17H17N5O2S. The van der Waals surface area contributed by atoms with E-state index in [2.05, 4.69) is 20.5 Å². The maximum Gasteiger partial charge on any atom is 0.268 e. The summed E-state index contributed by atoms with van der Waals surface area (Å²) in [5, 5.41) is 24.0. The molecule has 3 heterocycles. The van der Waals surface area contributed by atoms with Gasteiger partial charge >= 0.3 is 0 Å². The number of nitrogens with zero attached hydrogens (tertiary/aromatic N) is 5. The monoisotopic (exact) mass is 355 g/mol. The molecule has 0 aliphatic heterocycles. The highest BCUT2D eigenvalue weighted by Gasteiger charge is 2.23. The quantitative estimate of drug-likeness (QED) is 0.604. The first-order valence-electron chi connectivity index (χ1n) is 7.85. The number of fused-ring (bicyclic) bond motifs is 1. The van der Waals surface area contributed by atoms with Gasteiger partial charge in [0.05, 0.1) is 22.5 Å². The van der Waals surface area contributed by atoms with Crippen LogP contribution in [-0.2, 0) is 5.54 Å². The Bertz CT molecular complexity index is 1050. The van der Waals surface area contributed by atoms with Gasteiger partial charge in [-0.2, -0.15) is 4.98 Å². The molecule has 7 nitrogen and oxygen atoms in total. The van der Waals surface area contributed by atoms with Gasteiger partial charge in [0.2, 0.25) is 5.82 Å². The van der Waals surface area contributed by atoms with Crippen LogP contribution in [0, 0.1) is 6.92 Å². The lowest BCUT2D eigenvalue weighted by Crippen LogP contribution is -2.31. The number of aromatic nitrogens is 5. The number of thiophene rings is 1. The largest absolute Gasteiger partial charge is 0.394 e. The van der Waals surface area contributed by atoms with E-state index in [0.717, 1.165) is 27.0 Å². The average Bonchev–Trinajstić information content (AvgIpc) is 3.32. The van der Waals surface area contributed by atoms with Gasteiger partial charge in [-0.1, -0.05) is 10.4 Å². The summed E-state index contributed by atoms with van der Waals surface area (Å²) in [6.07, 6.45) is 0. The van der Waals surface area contributed by atoms with Crippen LogP contribution < -0.4 is 0 Å². The van der Waals surface area contributed by atoms with Gasteiger partial charge in [-0.25, -0.2) is 4.68 Å². The van der Waals surface area contributed by atoms with Gasteiger partial charge in [0.25, 0.3) is 5.89 Å². The zero-order valence-electron chi connectivity index (χ0n) is 14.1. The Labute approximate surface area is 147 Å². The van der Waals surface area contributed by atoms with Crippen LogP contribution >= 0.6 is 11.3 Å². The molecule has 8 heteroatoms. The number of benzene rings is 1. The summed E-state index contributed by atoms with van der Waals surface area (Å²) >= 11 is 1.58. The lowest BCUT2D eigenvalue weighted by molar-refractivity contribution is 0.154. The minimum absolute atomic E-state index is 0.0262. The van der Waals surface area contributed by atoms with Crippen molar-refractivity contribution in [3.63, 3.8) is 0 Å². The normalized spacial score (nSPS) is 12.2. The summed E-state index contributed by atoms with van der Waals surface area (Å²) in [6.45, 7) is 5.80. The lowest BCUT2D eigenvalue weighted by atomic mass is 10.1. The van der Waals surface area contributed by atoms with Gasteiger partial charge in [-0.3, -0.25) is 0 Å². The minimum Gasteiger partial charge on any atom is -0.394 e. The maximum atomic E-state index is 9.55. The van der Waals surface area contributed by atoms with Crippen molar-refractivity contribution >= 4 is 22.4 Å². The first-order chi connectivity index (χ1) is 12.0. The van der Waals surface area contributed by atoms with Crippen LogP contribution in [0.5, 0.6) is 0 Å². The Kier molecular flexibility index (Phi) is 3.66. The number of aliphatic hydroxyl groups excluding tert-OH is 1. The van der Waals surface area contributed by atoms with E-state index in [1.54, 1.807) is 16.0 Å². The van der Waals surface area contributed by atoms with E-state index in [-0.39, 0.29) is 6.61 Å². The second-order valence-corrected chi connectivity index (χ2v) is 7.45. The molecule has 0 fully saturated rings. The van der Waals surface area contributed by atoms with Crippen molar-refractivity contribution in [3.05, 3.63) is 35.2 Å². The van der Waals surface area contributed by atoms with Crippen LogP contribution in [0.3, 0.4) is 0 Å². The van der Waals surface area contributed by atoms with Crippen molar-refractivity contribution in [2.75, 3.05) is 6.61 Å². The van der Waals surface area contributed by atoms with Crippen molar-refractivity contribution in [3.8, 4) is 22.2 Å². The van der Waals surface area contributed by atoms with Gasteiger partial charge in [-0.15, -0.1) is 16.4 Å². The summed E-state index contributed by atoms with van der Waals surface area (Å²) in [6, 6.07) is 7.72. The second-order valence-electron chi connectivity index (χ2n) is 6.53. The number of rotatable bonds is 4. The molecule has 0 bridgehead atoms. The fourth-order valence-corrected chi connectivity index (χ4v) is 3.45. The van der Waals surface area contributed by atoms with E-state index in [1.807, 2.05) is 50.4 Å². The van der Waals surface area contributed by atoms with Gasteiger partial charge in [0.1, 0.15) is 5.52 Å². The Hall–Kier alpha value is -2.58. The van der Waals surface area contributed by atoms with Gasteiger partial charge < -0.3 is 9.63 Å². The van der Waals surface area contributed by atoms with Crippen LogP contribution in [0.2, 0.25) is 0 Å². The average molecular weight is 355 g/mol. The first kappa shape index (κ1) is 15.9. The molecule has 0 unspecified atom stereocenters. The van der Waals surface area contributed by atoms with E-state index >= 15 is 0 Å². The molecule has 0 aliphatic rings. The highest BCUT2D eigenvalue weighted by atomic mass is 32.1. The van der Waals surface area contributed by atoms with Crippen LogP contribution in [0.15, 0.2) is 34.2 Å². The predicted octanol–water partition coefficient (Wildman–Crippen LogP) is 3.25. The molecule has 0 amide bonds. The molecule has 4 rings (SSSR count). The third-order valence-corrected chi connectivity index (χ3v) is 5.15. The van der Waals surface area contributed by atoms with Crippen LogP contribution in [-0.4, -0.2) is 36.8 Å². The first-order valence-corrected chi connectivity index (χ1v) is 8.73. The molecule has 0 atom stereocenters. The van der Waals surface area contributed by atoms with Crippen molar-refractivity contribution in [1.82, 2.24) is 25.1 Å². The Balaban J connectivity index is 1.74. The Morgan fingerprint density at radius 2 is 2.12 bits per heavy atom. The fraction of sp³-hybridized carbons (Fsp3) is 0.294. The van der Waals surface area contributed by atoms with E-state index < -0.39 is 5.54 Å². The van der Waals surface area contributed by atoms with Gasteiger partial charge in [-0.05, 0) is 56.0 Å². The Morgan fingerprint density at radius 1 is 1.28 bits per heavy atom. The minimum atomic E-state index is -0.522. The van der Waals surface area contributed by atoms with Gasteiger partial charge in [0, 0.05) is 5.56 Å². The predicted molar refractivity (Wildman–Crippen MR) is 95.3 cm³/mol. The van der Waals surface area contributed by atoms with E-state index in [0.29, 0.717) is 11.7 Å². The number of aliphatic hydroxyl groups is 1. The van der Waals surface area contributed by atoms with Crippen molar-refractivity contribution in [2.45, 2.75) is 26.3 Å². The number of hydrogen-bond acceptors (Lipinski definition) is 7. The fourth-order valence-electron chi connectivity index (χ4n) is 2.60. The molecule has 1 N–H and O–H groups in total. The summed E-state index contributed by atoms with van der Waals surface area (Å²) in [5.74, 6) is 1.04. The van der Waals surface area contributed by atoms with Gasteiger partial charge in [0.15, 0.2) is 0 Å². The van der Waals surface area contributed by atoms with E-state index in [4.69, 9.17) is 4.52 Å². The summed E-state index contributed by atoms with van der Waals surface area (Å²) in [4.78, 5) is 5.48. The Morgan fingerprint density at radius 3 is 2.84 bits per heavy atom. The molecule has 0 radical (unpaired) electrons. The van der Waals surface area contributed by atoms with Crippen LogP contribution in [0.25, 0.3) is 33.2 Å². The van der Waals surface area contributed by atoms with Crippen molar-refractivity contribution in [2.24, 2.45) is 0 Å². The highest BCUT2D eigenvalue weighted by molar-refractivity contribution is 7.13. The highest BCUT2D eigenvalue weighted by Crippen LogP contribution is 2.30. The number of hydrogen-bond donors (Lipinski definition) is 1. The molecule has 0 aliphatic carbocycles. The molecule has 0 saturated carbocycles. The summed E-state index contributed by atoms with van der Waals surface area (Å²) < 4.78 is 7.13. The smallest absolute Gasteiger partial charge is 0.268 e. The number of aryl methyl sites for hydroxylation is 1. The maximum absolute atomic E-state index is 9.55. The van der Waals surface area contributed by atoms with Crippen LogP contribution in [0.1, 0.15) is 19.4 Å². The summed E-state index contributed by atoms with van der Waals surface area (Å²) in [5.41, 5.74) is 2.97. The topological polar surface area (TPSA) is 89.9 Å². The third-order valence-electron chi connectivity index (χ3n) is 4.15. The lowest BCUT2D eigenvalue weighted by Gasteiger charge is -2.22. The summed E-state index contributed by atoms with van der Waals surface area (Å²) in [7, 11) is 0. The molecule has 25 heavy (non-hydrogen) atoms. The molecule has 1 aromatic carbocycles. The molecule has 4 aromatic rings.